The molecule has 4 heteroatoms. The smallest absolute Gasteiger partial charge is 0.240 e. The number of nitrogens with two attached hydrogens (primary N) is 1. The molecule has 3 N–H and O–H groups in total. The summed E-state index contributed by atoms with van der Waals surface area (Å²) in [6.07, 6.45) is 4.09. The molecule has 1 rings (SSSR count). The summed E-state index contributed by atoms with van der Waals surface area (Å²) in [6.45, 7) is 11.9. The third-order valence-electron chi connectivity index (χ3n) is 4.73. The summed E-state index contributed by atoms with van der Waals surface area (Å²) < 4.78 is 5.65. The van der Waals surface area contributed by atoms with E-state index in [1.165, 1.54) is 6.42 Å². The lowest BCUT2D eigenvalue weighted by Crippen LogP contribution is -2.75. The van der Waals surface area contributed by atoms with E-state index in [1.807, 2.05) is 20.8 Å². The van der Waals surface area contributed by atoms with Crippen molar-refractivity contribution in [3.63, 3.8) is 0 Å². The third kappa shape index (κ3) is 3.53. The molecule has 0 saturated heterocycles. The molecule has 0 aromatic rings. The minimum atomic E-state index is -0.787. The van der Waals surface area contributed by atoms with E-state index in [1.54, 1.807) is 0 Å². The molecule has 0 heterocycles. The highest BCUT2D eigenvalue weighted by Crippen LogP contribution is 2.49. The Hall–Kier alpha value is -0.610. The van der Waals surface area contributed by atoms with Crippen molar-refractivity contribution < 1.29 is 9.53 Å². The van der Waals surface area contributed by atoms with Crippen molar-refractivity contribution >= 4 is 5.91 Å². The lowest BCUT2D eigenvalue weighted by atomic mass is 9.54. The topological polar surface area (TPSA) is 64.3 Å². The van der Waals surface area contributed by atoms with E-state index < -0.39 is 5.54 Å². The van der Waals surface area contributed by atoms with Gasteiger partial charge < -0.3 is 15.8 Å². The fourth-order valence-electron chi connectivity index (χ4n) is 2.86. The van der Waals surface area contributed by atoms with Gasteiger partial charge in [0.2, 0.25) is 5.91 Å². The summed E-state index contributed by atoms with van der Waals surface area (Å²) >= 11 is 0. The maximum Gasteiger partial charge on any atom is 0.240 e. The van der Waals surface area contributed by atoms with Gasteiger partial charge in [-0.2, -0.15) is 0 Å². The van der Waals surface area contributed by atoms with E-state index in [4.69, 9.17) is 10.5 Å². The van der Waals surface area contributed by atoms with Crippen LogP contribution in [0.15, 0.2) is 0 Å². The number of carbonyl (C=O) groups excluding carboxylic acids is 1. The van der Waals surface area contributed by atoms with E-state index in [0.717, 1.165) is 25.3 Å². The van der Waals surface area contributed by atoms with Crippen LogP contribution in [0.3, 0.4) is 0 Å². The fraction of sp³-hybridized carbons (Fsp3) is 0.938. The van der Waals surface area contributed by atoms with Crippen LogP contribution < -0.4 is 11.1 Å². The molecule has 0 radical (unpaired) electrons. The van der Waals surface area contributed by atoms with Gasteiger partial charge in [-0.15, -0.1) is 0 Å². The molecular formula is C16H32N2O2. The van der Waals surface area contributed by atoms with Crippen molar-refractivity contribution in [3.8, 4) is 0 Å². The van der Waals surface area contributed by atoms with Crippen molar-refractivity contribution in [1.29, 1.82) is 0 Å². The third-order valence-corrected chi connectivity index (χ3v) is 4.73. The van der Waals surface area contributed by atoms with Gasteiger partial charge in [-0.1, -0.05) is 40.5 Å². The van der Waals surface area contributed by atoms with Gasteiger partial charge in [0.05, 0.1) is 6.10 Å². The van der Waals surface area contributed by atoms with Crippen LogP contribution in [0.25, 0.3) is 0 Å². The number of rotatable bonds is 8. The van der Waals surface area contributed by atoms with Gasteiger partial charge in [-0.3, -0.25) is 4.79 Å². The molecule has 4 nitrogen and oxygen atoms in total. The molecule has 1 amide bonds. The number of carbonyl (C=O) groups is 1. The molecule has 0 aromatic heterocycles. The van der Waals surface area contributed by atoms with E-state index in [0.29, 0.717) is 13.0 Å². The lowest BCUT2D eigenvalue weighted by molar-refractivity contribution is -0.170. The SMILES string of the molecule is CCOC1CC(N)(C(=O)NCCCCC(C)C)C1(C)C. The number of nitrogens with one attached hydrogen (secondary N) is 1. The van der Waals surface area contributed by atoms with Crippen LogP contribution in [0, 0.1) is 11.3 Å². The van der Waals surface area contributed by atoms with Crippen LogP contribution >= 0.6 is 0 Å². The second-order valence-corrected chi connectivity index (χ2v) is 6.99. The van der Waals surface area contributed by atoms with E-state index in [2.05, 4.69) is 19.2 Å². The monoisotopic (exact) mass is 284 g/mol. The zero-order chi connectivity index (χ0) is 15.4. The first-order valence-electron chi connectivity index (χ1n) is 7.94. The van der Waals surface area contributed by atoms with Gasteiger partial charge in [0.25, 0.3) is 0 Å². The molecule has 2 unspecified atom stereocenters. The minimum Gasteiger partial charge on any atom is -0.378 e. The quantitative estimate of drug-likeness (QED) is 0.673. The lowest BCUT2D eigenvalue weighted by Gasteiger charge is -2.57. The average molecular weight is 284 g/mol. The predicted octanol–water partition coefficient (Wildman–Crippen LogP) is 2.46. The molecule has 0 spiro atoms. The van der Waals surface area contributed by atoms with Crippen molar-refractivity contribution in [2.45, 2.75) is 71.9 Å². The summed E-state index contributed by atoms with van der Waals surface area (Å²) in [5, 5.41) is 3.00. The summed E-state index contributed by atoms with van der Waals surface area (Å²) in [4.78, 5) is 12.3. The number of unbranched alkanes of at least 4 members (excludes halogenated alkanes) is 1. The Labute approximate surface area is 123 Å². The number of hydrogen-bond acceptors (Lipinski definition) is 3. The molecule has 2 atom stereocenters. The Kier molecular flexibility index (Phi) is 6.02. The molecule has 1 saturated carbocycles. The fourth-order valence-corrected chi connectivity index (χ4v) is 2.86. The highest BCUT2D eigenvalue weighted by atomic mass is 16.5. The normalized spacial score (nSPS) is 28.2. The largest absolute Gasteiger partial charge is 0.378 e. The number of amides is 1. The molecule has 0 bridgehead atoms. The summed E-state index contributed by atoms with van der Waals surface area (Å²) in [6, 6.07) is 0. The number of ether oxygens (including phenoxy) is 1. The maximum atomic E-state index is 12.3. The first-order valence-corrected chi connectivity index (χ1v) is 7.94. The Morgan fingerprint density at radius 1 is 1.40 bits per heavy atom. The molecule has 118 valence electrons. The van der Waals surface area contributed by atoms with E-state index in [9.17, 15) is 4.79 Å². The second-order valence-electron chi connectivity index (χ2n) is 6.99. The predicted molar refractivity (Wildman–Crippen MR) is 82.4 cm³/mol. The average Bonchev–Trinajstić information content (AvgIpc) is 2.37. The summed E-state index contributed by atoms with van der Waals surface area (Å²) in [7, 11) is 0. The Morgan fingerprint density at radius 2 is 2.05 bits per heavy atom. The molecule has 0 aliphatic heterocycles. The summed E-state index contributed by atoms with van der Waals surface area (Å²) in [5.41, 5.74) is 5.23. The van der Waals surface area contributed by atoms with Gasteiger partial charge in [-0.25, -0.2) is 0 Å². The van der Waals surface area contributed by atoms with Crippen LogP contribution in [0.2, 0.25) is 0 Å². The standard InChI is InChI=1S/C16H32N2O2/c1-6-20-13-11-16(17,15(13,4)5)14(19)18-10-8-7-9-12(2)3/h12-13H,6-11,17H2,1-5H3,(H,18,19). The van der Waals surface area contributed by atoms with E-state index in [-0.39, 0.29) is 17.4 Å². The van der Waals surface area contributed by atoms with Crippen molar-refractivity contribution in [1.82, 2.24) is 5.32 Å². The first-order chi connectivity index (χ1) is 9.25. The Morgan fingerprint density at radius 3 is 2.55 bits per heavy atom. The molecule has 1 aliphatic carbocycles. The van der Waals surface area contributed by atoms with Crippen LogP contribution in [0.1, 0.15) is 60.3 Å². The van der Waals surface area contributed by atoms with Crippen LogP contribution in [0.4, 0.5) is 0 Å². The zero-order valence-corrected chi connectivity index (χ0v) is 13.8. The van der Waals surface area contributed by atoms with Gasteiger partial charge >= 0.3 is 0 Å². The zero-order valence-electron chi connectivity index (χ0n) is 13.8. The highest BCUT2D eigenvalue weighted by Gasteiger charge is 2.62. The van der Waals surface area contributed by atoms with Crippen LogP contribution in [-0.2, 0) is 9.53 Å². The van der Waals surface area contributed by atoms with Gasteiger partial charge in [0.15, 0.2) is 0 Å². The van der Waals surface area contributed by atoms with Gasteiger partial charge in [0.1, 0.15) is 5.54 Å². The van der Waals surface area contributed by atoms with Gasteiger partial charge in [-0.05, 0) is 19.3 Å². The molecule has 20 heavy (non-hydrogen) atoms. The van der Waals surface area contributed by atoms with E-state index >= 15 is 0 Å². The van der Waals surface area contributed by atoms with Crippen LogP contribution in [0.5, 0.6) is 0 Å². The molecule has 0 aromatic carbocycles. The molecular weight excluding hydrogens is 252 g/mol. The second kappa shape index (κ2) is 6.90. The Balaban J connectivity index is 2.36. The first kappa shape index (κ1) is 17.4. The Bertz CT molecular complexity index is 328. The van der Waals surface area contributed by atoms with Crippen molar-refractivity contribution in [2.24, 2.45) is 17.1 Å². The number of hydrogen-bond donors (Lipinski definition) is 2. The molecule has 1 aliphatic rings. The highest BCUT2D eigenvalue weighted by molar-refractivity contribution is 5.88. The van der Waals surface area contributed by atoms with Crippen molar-refractivity contribution in [2.75, 3.05) is 13.2 Å². The minimum absolute atomic E-state index is 0.0250. The molecule has 1 fully saturated rings. The van der Waals surface area contributed by atoms with Gasteiger partial charge in [0, 0.05) is 25.0 Å². The summed E-state index contributed by atoms with van der Waals surface area (Å²) in [5.74, 6) is 0.701. The van der Waals surface area contributed by atoms with Crippen molar-refractivity contribution in [3.05, 3.63) is 0 Å². The maximum absolute atomic E-state index is 12.3. The van der Waals surface area contributed by atoms with Crippen LogP contribution in [-0.4, -0.2) is 30.7 Å².